The van der Waals surface area contributed by atoms with Crippen molar-refractivity contribution < 1.29 is 9.53 Å². The Labute approximate surface area is 198 Å². The fourth-order valence-corrected chi connectivity index (χ4v) is 3.52. The lowest BCUT2D eigenvalue weighted by molar-refractivity contribution is 0.102. The third-order valence-corrected chi connectivity index (χ3v) is 5.34. The van der Waals surface area contributed by atoms with Gasteiger partial charge in [-0.15, -0.1) is 5.10 Å². The number of hydrogen-bond donors (Lipinski definition) is 1. The molecule has 0 bridgehead atoms. The Hall–Kier alpha value is -3.64. The highest BCUT2D eigenvalue weighted by molar-refractivity contribution is 6.34. The molecule has 0 spiro atoms. The van der Waals surface area contributed by atoms with E-state index in [4.69, 9.17) is 16.3 Å². The van der Waals surface area contributed by atoms with E-state index in [1.165, 1.54) is 0 Å². The Morgan fingerprint density at radius 2 is 1.73 bits per heavy atom. The molecule has 0 saturated heterocycles. The molecule has 1 N–H and O–H groups in total. The molecule has 0 aliphatic heterocycles. The molecule has 4 rings (SSSR count). The predicted molar refractivity (Wildman–Crippen MR) is 131 cm³/mol. The topological polar surface area (TPSA) is 69.0 Å². The van der Waals surface area contributed by atoms with Gasteiger partial charge in [-0.05, 0) is 54.8 Å². The summed E-state index contributed by atoms with van der Waals surface area (Å²) >= 11 is 6.14. The minimum Gasteiger partial charge on any atom is -0.462 e. The summed E-state index contributed by atoms with van der Waals surface area (Å²) in [5.41, 5.74) is 3.94. The van der Waals surface area contributed by atoms with E-state index in [1.54, 1.807) is 28.9 Å². The van der Waals surface area contributed by atoms with Gasteiger partial charge in [0.2, 0.25) is 0 Å². The Balaban J connectivity index is 1.63. The number of hydrogen-bond acceptors (Lipinski definition) is 4. The second-order valence-electron chi connectivity index (χ2n) is 8.13. The number of anilines is 1. The number of carbonyl (C=O) groups excluding carboxylic acids is 1. The monoisotopic (exact) mass is 460 g/mol. The quantitative estimate of drug-likeness (QED) is 0.357. The van der Waals surface area contributed by atoms with Crippen molar-refractivity contribution in [3.8, 4) is 23.1 Å². The molecule has 0 aliphatic carbocycles. The van der Waals surface area contributed by atoms with Gasteiger partial charge in [-0.2, -0.15) is 4.98 Å². The van der Waals surface area contributed by atoms with Crippen LogP contribution in [-0.4, -0.2) is 27.3 Å². The summed E-state index contributed by atoms with van der Waals surface area (Å²) < 4.78 is 7.56. The molecule has 7 heteroatoms. The van der Waals surface area contributed by atoms with Gasteiger partial charge >= 0.3 is 6.01 Å². The van der Waals surface area contributed by atoms with E-state index in [0.29, 0.717) is 40.6 Å². The second-order valence-corrected chi connectivity index (χ2v) is 8.54. The van der Waals surface area contributed by atoms with E-state index in [2.05, 4.69) is 29.2 Å². The number of benzene rings is 3. The molecule has 0 fully saturated rings. The normalized spacial score (nSPS) is 10.9. The molecule has 1 aromatic heterocycles. The molecule has 4 aromatic rings. The van der Waals surface area contributed by atoms with Gasteiger partial charge in [-0.1, -0.05) is 61.8 Å². The van der Waals surface area contributed by atoms with Crippen LogP contribution in [0.2, 0.25) is 5.02 Å². The maximum Gasteiger partial charge on any atom is 0.336 e. The first-order valence-corrected chi connectivity index (χ1v) is 11.1. The van der Waals surface area contributed by atoms with Gasteiger partial charge in [-0.3, -0.25) is 4.79 Å². The van der Waals surface area contributed by atoms with Crippen molar-refractivity contribution in [3.63, 3.8) is 0 Å². The zero-order valence-corrected chi connectivity index (χ0v) is 19.5. The third-order valence-electron chi connectivity index (χ3n) is 5.01. The van der Waals surface area contributed by atoms with Crippen molar-refractivity contribution in [1.29, 1.82) is 0 Å². The van der Waals surface area contributed by atoms with Crippen molar-refractivity contribution in [2.24, 2.45) is 5.92 Å². The summed E-state index contributed by atoms with van der Waals surface area (Å²) in [6.07, 6.45) is 0. The molecule has 0 atom stereocenters. The molecule has 33 heavy (non-hydrogen) atoms. The van der Waals surface area contributed by atoms with Crippen molar-refractivity contribution >= 4 is 23.2 Å². The number of amides is 1. The van der Waals surface area contributed by atoms with Crippen molar-refractivity contribution in [1.82, 2.24) is 14.8 Å². The molecule has 1 heterocycles. The van der Waals surface area contributed by atoms with E-state index in [1.807, 2.05) is 55.5 Å². The summed E-state index contributed by atoms with van der Waals surface area (Å²) in [5.74, 6) is 0.790. The Morgan fingerprint density at radius 3 is 2.42 bits per heavy atom. The molecular formula is C26H25ClN4O2. The predicted octanol–water partition coefficient (Wildman–Crippen LogP) is 6.18. The SMILES string of the molecule is Cc1ccccc1-c1nc(OCC(C)C)nn1-c1ccc(NC(=O)c2ccccc2Cl)cc1. The van der Waals surface area contributed by atoms with Crippen LogP contribution in [0.1, 0.15) is 29.8 Å². The number of carbonyl (C=O) groups is 1. The van der Waals surface area contributed by atoms with E-state index < -0.39 is 0 Å². The summed E-state index contributed by atoms with van der Waals surface area (Å²) in [7, 11) is 0. The number of rotatable bonds is 7. The Bertz CT molecular complexity index is 1270. The van der Waals surface area contributed by atoms with Crippen LogP contribution < -0.4 is 10.1 Å². The second kappa shape index (κ2) is 9.88. The van der Waals surface area contributed by atoms with Gasteiger partial charge in [0, 0.05) is 11.3 Å². The van der Waals surface area contributed by atoms with Gasteiger partial charge in [-0.25, -0.2) is 4.68 Å². The summed E-state index contributed by atoms with van der Waals surface area (Å²) in [4.78, 5) is 17.2. The first kappa shape index (κ1) is 22.6. The Kier molecular flexibility index (Phi) is 6.75. The van der Waals surface area contributed by atoms with E-state index in [0.717, 1.165) is 16.8 Å². The van der Waals surface area contributed by atoms with Crippen LogP contribution in [0, 0.1) is 12.8 Å². The van der Waals surface area contributed by atoms with Gasteiger partial charge in [0.1, 0.15) is 0 Å². The molecule has 0 aliphatic rings. The molecule has 6 nitrogen and oxygen atoms in total. The fourth-order valence-electron chi connectivity index (χ4n) is 3.30. The van der Waals surface area contributed by atoms with Crippen LogP contribution in [0.3, 0.4) is 0 Å². The van der Waals surface area contributed by atoms with E-state index in [9.17, 15) is 4.79 Å². The van der Waals surface area contributed by atoms with Crippen molar-refractivity contribution in [2.45, 2.75) is 20.8 Å². The highest BCUT2D eigenvalue weighted by atomic mass is 35.5. The first-order chi connectivity index (χ1) is 15.9. The van der Waals surface area contributed by atoms with Crippen LogP contribution in [0.5, 0.6) is 6.01 Å². The zero-order valence-electron chi connectivity index (χ0n) is 18.7. The third kappa shape index (κ3) is 5.23. The maximum atomic E-state index is 12.6. The van der Waals surface area contributed by atoms with Gasteiger partial charge in [0.05, 0.1) is 22.9 Å². The number of aromatic nitrogens is 3. The van der Waals surface area contributed by atoms with E-state index in [-0.39, 0.29) is 5.91 Å². The van der Waals surface area contributed by atoms with Crippen LogP contribution >= 0.6 is 11.6 Å². The summed E-state index contributed by atoms with van der Waals surface area (Å²) in [5, 5.41) is 7.88. The van der Waals surface area contributed by atoms with Gasteiger partial charge < -0.3 is 10.1 Å². The zero-order chi connectivity index (χ0) is 23.4. The highest BCUT2D eigenvalue weighted by Crippen LogP contribution is 2.27. The van der Waals surface area contributed by atoms with Crippen molar-refractivity contribution in [2.75, 3.05) is 11.9 Å². The highest BCUT2D eigenvalue weighted by Gasteiger charge is 2.17. The minimum absolute atomic E-state index is 0.265. The number of aryl methyl sites for hydroxylation is 1. The largest absolute Gasteiger partial charge is 0.462 e. The van der Waals surface area contributed by atoms with Crippen molar-refractivity contribution in [3.05, 3.63) is 88.9 Å². The molecule has 1 amide bonds. The van der Waals surface area contributed by atoms with Crippen LogP contribution in [0.15, 0.2) is 72.8 Å². The summed E-state index contributed by atoms with van der Waals surface area (Å²) in [6.45, 7) is 6.73. The lowest BCUT2D eigenvalue weighted by Gasteiger charge is -2.10. The van der Waals surface area contributed by atoms with Gasteiger partial charge in [0.15, 0.2) is 5.82 Å². The Morgan fingerprint density at radius 1 is 1.03 bits per heavy atom. The molecule has 168 valence electrons. The molecule has 0 saturated carbocycles. The molecule has 3 aromatic carbocycles. The lowest BCUT2D eigenvalue weighted by Crippen LogP contribution is -2.12. The lowest BCUT2D eigenvalue weighted by atomic mass is 10.1. The minimum atomic E-state index is -0.265. The average molecular weight is 461 g/mol. The molecule has 0 unspecified atom stereocenters. The molecule has 0 radical (unpaired) electrons. The fraction of sp³-hybridized carbons (Fsp3) is 0.192. The number of ether oxygens (including phenoxy) is 1. The van der Waals surface area contributed by atoms with E-state index >= 15 is 0 Å². The first-order valence-electron chi connectivity index (χ1n) is 10.7. The standard InChI is InChI=1S/C26H25ClN4O2/c1-17(2)16-33-26-29-24(21-9-5-4-8-18(21)3)31(30-26)20-14-12-19(13-15-20)28-25(32)22-10-6-7-11-23(22)27/h4-15,17H,16H2,1-3H3,(H,28,32). The smallest absolute Gasteiger partial charge is 0.336 e. The number of nitrogens with zero attached hydrogens (tertiary/aromatic N) is 3. The average Bonchev–Trinajstić information content (AvgIpc) is 3.23. The van der Waals surface area contributed by atoms with Crippen LogP contribution in [0.4, 0.5) is 5.69 Å². The van der Waals surface area contributed by atoms with Crippen LogP contribution in [0.25, 0.3) is 17.1 Å². The summed E-state index contributed by atoms with van der Waals surface area (Å²) in [6, 6.07) is 22.7. The number of nitrogens with one attached hydrogen (secondary N) is 1. The molecular weight excluding hydrogens is 436 g/mol. The number of halogens is 1. The van der Waals surface area contributed by atoms with Gasteiger partial charge in [0.25, 0.3) is 5.91 Å². The van der Waals surface area contributed by atoms with Crippen LogP contribution in [-0.2, 0) is 0 Å². The maximum absolute atomic E-state index is 12.6.